The van der Waals surface area contributed by atoms with Crippen LogP contribution in [0.5, 0.6) is 0 Å². The summed E-state index contributed by atoms with van der Waals surface area (Å²) in [4.78, 5) is 0. The van der Waals surface area contributed by atoms with Gasteiger partial charge in [-0.3, -0.25) is 0 Å². The Labute approximate surface area is 68.1 Å². The highest BCUT2D eigenvalue weighted by Gasteiger charge is 2.56. The fourth-order valence-corrected chi connectivity index (χ4v) is 2.52. The third-order valence-electron chi connectivity index (χ3n) is 3.89. The lowest BCUT2D eigenvalue weighted by atomic mass is 9.82. The molecule has 0 unspecified atom stereocenters. The van der Waals surface area contributed by atoms with Gasteiger partial charge in [0.2, 0.25) is 0 Å². The first kappa shape index (κ1) is 7.26. The van der Waals surface area contributed by atoms with Crippen LogP contribution in [0.15, 0.2) is 10.2 Å². The van der Waals surface area contributed by atoms with Crippen molar-refractivity contribution in [3.8, 4) is 0 Å². The molecule has 0 aromatic carbocycles. The van der Waals surface area contributed by atoms with Gasteiger partial charge in [0.15, 0.2) is 0 Å². The van der Waals surface area contributed by atoms with E-state index in [1.807, 2.05) is 0 Å². The average molecular weight is 152 g/mol. The van der Waals surface area contributed by atoms with Gasteiger partial charge in [0.25, 0.3) is 0 Å². The molecule has 0 radical (unpaired) electrons. The van der Waals surface area contributed by atoms with E-state index in [1.54, 1.807) is 0 Å². The predicted octanol–water partition coefficient (Wildman–Crippen LogP) is 2.79. The van der Waals surface area contributed by atoms with Crippen molar-refractivity contribution in [3.63, 3.8) is 0 Å². The molecule has 0 aromatic heterocycles. The zero-order valence-electron chi connectivity index (χ0n) is 7.59. The van der Waals surface area contributed by atoms with Crippen molar-refractivity contribution in [1.82, 2.24) is 0 Å². The van der Waals surface area contributed by atoms with Crippen LogP contribution in [0.2, 0.25) is 0 Å². The maximum atomic E-state index is 4.43. The highest BCUT2D eigenvalue weighted by Crippen LogP contribution is 2.54. The predicted molar refractivity (Wildman–Crippen MR) is 44.7 cm³/mol. The van der Waals surface area contributed by atoms with Crippen molar-refractivity contribution in [2.75, 3.05) is 0 Å². The van der Waals surface area contributed by atoms with E-state index < -0.39 is 0 Å². The molecule has 0 saturated heterocycles. The third-order valence-corrected chi connectivity index (χ3v) is 3.89. The SMILES string of the molecule is CC[C@]12CC[C@](C)(N=N1)[C@@H]2C. The van der Waals surface area contributed by atoms with E-state index >= 15 is 0 Å². The van der Waals surface area contributed by atoms with Gasteiger partial charge in [-0.1, -0.05) is 13.8 Å². The highest BCUT2D eigenvalue weighted by atomic mass is 15.3. The fourth-order valence-electron chi connectivity index (χ4n) is 2.52. The van der Waals surface area contributed by atoms with Gasteiger partial charge in [0.1, 0.15) is 0 Å². The van der Waals surface area contributed by atoms with E-state index in [4.69, 9.17) is 0 Å². The smallest absolute Gasteiger partial charge is 0.0863 e. The maximum Gasteiger partial charge on any atom is 0.0863 e. The van der Waals surface area contributed by atoms with Gasteiger partial charge in [-0.25, -0.2) is 0 Å². The van der Waals surface area contributed by atoms with Crippen molar-refractivity contribution in [1.29, 1.82) is 0 Å². The van der Waals surface area contributed by atoms with Gasteiger partial charge in [-0.2, -0.15) is 10.2 Å². The standard InChI is InChI=1S/C9H16N2/c1-4-9-6-5-8(3,7(9)2)10-11-9/h7H,4-6H2,1-3H3/t7-,8-,9+/m0/s1. The highest BCUT2D eigenvalue weighted by molar-refractivity contribution is 5.13. The number of hydrogen-bond acceptors (Lipinski definition) is 2. The van der Waals surface area contributed by atoms with Gasteiger partial charge >= 0.3 is 0 Å². The van der Waals surface area contributed by atoms with Crippen molar-refractivity contribution in [3.05, 3.63) is 0 Å². The van der Waals surface area contributed by atoms with E-state index in [9.17, 15) is 0 Å². The number of rotatable bonds is 1. The first-order valence-corrected chi connectivity index (χ1v) is 4.57. The number of fused-ring (bicyclic) bond motifs is 2. The molecule has 1 fully saturated rings. The summed E-state index contributed by atoms with van der Waals surface area (Å²) in [6.45, 7) is 6.77. The molecule has 3 atom stereocenters. The Kier molecular flexibility index (Phi) is 1.22. The molecule has 62 valence electrons. The van der Waals surface area contributed by atoms with E-state index in [1.165, 1.54) is 12.8 Å². The second-order valence-electron chi connectivity index (χ2n) is 4.24. The molecular formula is C9H16N2. The molecule has 2 bridgehead atoms. The monoisotopic (exact) mass is 152 g/mol. The number of azo groups is 1. The van der Waals surface area contributed by atoms with Crippen molar-refractivity contribution >= 4 is 0 Å². The summed E-state index contributed by atoms with van der Waals surface area (Å²) in [6.07, 6.45) is 3.66. The summed E-state index contributed by atoms with van der Waals surface area (Å²) in [5, 5.41) is 8.82. The van der Waals surface area contributed by atoms with Gasteiger partial charge in [-0.05, 0) is 26.2 Å². The largest absolute Gasteiger partial charge is 0.187 e. The molecule has 2 aliphatic rings. The number of nitrogens with zero attached hydrogens (tertiary/aromatic N) is 2. The second-order valence-corrected chi connectivity index (χ2v) is 4.24. The summed E-state index contributed by atoms with van der Waals surface area (Å²) in [5.74, 6) is 0.667. The lowest BCUT2D eigenvalue weighted by Gasteiger charge is -2.23. The topological polar surface area (TPSA) is 24.7 Å². The lowest BCUT2D eigenvalue weighted by Crippen LogP contribution is -2.31. The molecule has 1 aliphatic heterocycles. The Balaban J connectivity index is 2.37. The van der Waals surface area contributed by atoms with Crippen LogP contribution in [-0.4, -0.2) is 11.1 Å². The Morgan fingerprint density at radius 2 is 2.09 bits per heavy atom. The van der Waals surface area contributed by atoms with E-state index in [-0.39, 0.29) is 11.1 Å². The van der Waals surface area contributed by atoms with Crippen LogP contribution in [0.4, 0.5) is 0 Å². The molecule has 0 aromatic rings. The average Bonchev–Trinajstić information content (AvgIpc) is 2.41. The first-order valence-electron chi connectivity index (χ1n) is 4.57. The van der Waals surface area contributed by atoms with Crippen LogP contribution < -0.4 is 0 Å². The Morgan fingerprint density at radius 3 is 2.27 bits per heavy atom. The van der Waals surface area contributed by atoms with Crippen LogP contribution in [0.1, 0.15) is 40.0 Å². The van der Waals surface area contributed by atoms with Gasteiger partial charge in [0.05, 0.1) is 11.1 Å². The zero-order valence-corrected chi connectivity index (χ0v) is 7.59. The summed E-state index contributed by atoms with van der Waals surface area (Å²) in [5.41, 5.74) is 0.421. The van der Waals surface area contributed by atoms with Crippen LogP contribution >= 0.6 is 0 Å². The molecule has 0 N–H and O–H groups in total. The van der Waals surface area contributed by atoms with Gasteiger partial charge in [-0.15, -0.1) is 0 Å². The molecular weight excluding hydrogens is 136 g/mol. The summed E-state index contributed by atoms with van der Waals surface area (Å²) in [6, 6.07) is 0. The Bertz CT molecular complexity index is 212. The molecule has 2 heteroatoms. The van der Waals surface area contributed by atoms with Crippen LogP contribution in [0.25, 0.3) is 0 Å². The second kappa shape index (κ2) is 1.85. The third kappa shape index (κ3) is 0.678. The first-order chi connectivity index (χ1) is 5.13. The van der Waals surface area contributed by atoms with Crippen molar-refractivity contribution in [2.24, 2.45) is 16.1 Å². The minimum Gasteiger partial charge on any atom is -0.187 e. The summed E-state index contributed by atoms with van der Waals surface area (Å²) >= 11 is 0. The molecule has 2 nitrogen and oxygen atoms in total. The minimum atomic E-state index is 0.190. The fraction of sp³-hybridized carbons (Fsp3) is 1.00. The molecule has 2 rings (SSSR count). The van der Waals surface area contributed by atoms with Crippen LogP contribution in [0, 0.1) is 5.92 Å². The molecule has 1 aliphatic carbocycles. The van der Waals surface area contributed by atoms with Crippen LogP contribution in [-0.2, 0) is 0 Å². The van der Waals surface area contributed by atoms with E-state index in [2.05, 4.69) is 31.0 Å². The maximum absolute atomic E-state index is 4.43. The Morgan fingerprint density at radius 1 is 1.36 bits per heavy atom. The number of hydrogen-bond donors (Lipinski definition) is 0. The van der Waals surface area contributed by atoms with Crippen molar-refractivity contribution < 1.29 is 0 Å². The van der Waals surface area contributed by atoms with E-state index in [0.29, 0.717) is 5.92 Å². The summed E-state index contributed by atoms with van der Waals surface area (Å²) in [7, 11) is 0. The molecule has 0 amide bonds. The van der Waals surface area contributed by atoms with Crippen molar-refractivity contribution in [2.45, 2.75) is 51.1 Å². The zero-order chi connectivity index (χ0) is 8.11. The molecule has 0 spiro atoms. The van der Waals surface area contributed by atoms with Crippen LogP contribution in [0.3, 0.4) is 0 Å². The molecule has 1 heterocycles. The Hall–Kier alpha value is -0.400. The minimum absolute atomic E-state index is 0.190. The van der Waals surface area contributed by atoms with Gasteiger partial charge in [0, 0.05) is 5.92 Å². The normalized spacial score (nSPS) is 53.9. The van der Waals surface area contributed by atoms with E-state index in [0.717, 1.165) is 6.42 Å². The molecule has 1 saturated carbocycles. The summed E-state index contributed by atoms with van der Waals surface area (Å²) < 4.78 is 0. The van der Waals surface area contributed by atoms with Gasteiger partial charge < -0.3 is 0 Å². The lowest BCUT2D eigenvalue weighted by molar-refractivity contribution is 0.323. The molecule has 11 heavy (non-hydrogen) atoms. The quantitative estimate of drug-likeness (QED) is 0.552.